The second-order valence-corrected chi connectivity index (χ2v) is 9.99. The average molecular weight is 761 g/mol. The van der Waals surface area contributed by atoms with E-state index in [1.165, 1.54) is 0 Å². The number of ether oxygens (including phenoxy) is 3. The normalized spacial score (nSPS) is 8.84. The standard InChI is InChI=1S/C42H44N6O8/c1-3-5-7-9-11-13-15-17-19-22-28-47-56-35-34-55-37-41(51)48-38(42(52)46-29-26-43)24-21-23-27-44-40(50)36-54-33-32-53-31-30-45-39(49)25-20-18-16-14-12-10-8-6-4-2/h38,47H,21,23-24,26-37,43H2,1-2H3,(H,44,50)(H,45,49)(H,46,52)(H,48,51). The van der Waals surface area contributed by atoms with Crippen LogP contribution < -0.4 is 32.5 Å². The Kier molecular flexibility index (Phi) is 34.7. The van der Waals surface area contributed by atoms with E-state index in [9.17, 15) is 19.2 Å². The number of carbonyl (C=O) groups excluding carboxylic acids is 4. The maximum atomic E-state index is 12.6. The summed E-state index contributed by atoms with van der Waals surface area (Å²) in [5.41, 5.74) is 8.11. The lowest BCUT2D eigenvalue weighted by Crippen LogP contribution is -2.48. The Hall–Kier alpha value is -6.76. The zero-order valence-electron chi connectivity index (χ0n) is 31.5. The fourth-order valence-corrected chi connectivity index (χ4v) is 3.34. The minimum absolute atomic E-state index is 0.117. The molecule has 0 aromatic carbocycles. The van der Waals surface area contributed by atoms with Crippen LogP contribution in [0.15, 0.2) is 0 Å². The molecule has 290 valence electrons. The van der Waals surface area contributed by atoms with Crippen LogP contribution in [0.25, 0.3) is 0 Å². The lowest BCUT2D eigenvalue weighted by atomic mass is 10.1. The Morgan fingerprint density at radius 2 is 1.14 bits per heavy atom. The molecule has 14 heteroatoms. The van der Waals surface area contributed by atoms with Gasteiger partial charge in [-0.3, -0.25) is 24.0 Å². The van der Waals surface area contributed by atoms with Gasteiger partial charge in [0.1, 0.15) is 19.3 Å². The number of nitrogens with two attached hydrogens (primary N) is 1. The van der Waals surface area contributed by atoms with E-state index < -0.39 is 17.9 Å². The number of unbranched alkanes of at least 4 members (excludes halogenated alkanes) is 1. The van der Waals surface area contributed by atoms with Gasteiger partial charge in [0.15, 0.2) is 0 Å². The summed E-state index contributed by atoms with van der Waals surface area (Å²) in [6, 6.07) is -0.802. The monoisotopic (exact) mass is 760 g/mol. The van der Waals surface area contributed by atoms with Crippen molar-refractivity contribution in [3.63, 3.8) is 0 Å². The third kappa shape index (κ3) is 35.6. The van der Waals surface area contributed by atoms with E-state index in [1.807, 2.05) is 0 Å². The Morgan fingerprint density at radius 1 is 0.571 bits per heavy atom. The van der Waals surface area contributed by atoms with Crippen molar-refractivity contribution in [2.45, 2.75) is 39.2 Å². The van der Waals surface area contributed by atoms with Crippen LogP contribution in [-0.2, 0) is 38.2 Å². The quantitative estimate of drug-likeness (QED) is 0.0351. The van der Waals surface area contributed by atoms with Gasteiger partial charge in [0.25, 0.3) is 5.91 Å². The van der Waals surface area contributed by atoms with E-state index in [0.717, 1.165) is 0 Å². The molecule has 14 nitrogen and oxygen atoms in total. The van der Waals surface area contributed by atoms with Crippen molar-refractivity contribution in [3.05, 3.63) is 0 Å². The summed E-state index contributed by atoms with van der Waals surface area (Å²) >= 11 is 0. The lowest BCUT2D eigenvalue weighted by Gasteiger charge is -2.18. The van der Waals surface area contributed by atoms with Gasteiger partial charge in [-0.15, -0.1) is 0 Å². The molecular weight excluding hydrogens is 716 g/mol. The van der Waals surface area contributed by atoms with Crippen molar-refractivity contribution in [1.29, 1.82) is 0 Å². The topological polar surface area (TPSA) is 191 Å². The smallest absolute Gasteiger partial charge is 0.296 e. The zero-order chi connectivity index (χ0) is 41.0. The highest BCUT2D eigenvalue weighted by Crippen LogP contribution is 2.02. The summed E-state index contributed by atoms with van der Waals surface area (Å²) < 4.78 is 16.0. The SMILES string of the molecule is CC#CC#CC#CC#CC#CCNOCCOCC(=O)NC(CCCCNC(=O)COCCOCCNC(=O)C#CC#CC#CC#CC#CC)C(=O)NCCN. The summed E-state index contributed by atoms with van der Waals surface area (Å²) in [6.45, 7) is 5.11. The second kappa shape index (κ2) is 39.4. The maximum Gasteiger partial charge on any atom is 0.296 e. The summed E-state index contributed by atoms with van der Waals surface area (Å²) in [7, 11) is 0. The molecule has 0 rings (SSSR count). The van der Waals surface area contributed by atoms with Crippen LogP contribution in [0.3, 0.4) is 0 Å². The Labute approximate surface area is 330 Å². The highest BCUT2D eigenvalue weighted by atomic mass is 16.7. The maximum absolute atomic E-state index is 12.6. The van der Waals surface area contributed by atoms with Crippen LogP contribution in [0, 0.1) is 118 Å². The van der Waals surface area contributed by atoms with Gasteiger partial charge in [-0.05, 0) is 128 Å². The van der Waals surface area contributed by atoms with Gasteiger partial charge in [-0.1, -0.05) is 17.8 Å². The van der Waals surface area contributed by atoms with Crippen LogP contribution >= 0.6 is 0 Å². The fraction of sp³-hybridized carbons (Fsp3) is 0.429. The molecule has 1 unspecified atom stereocenters. The van der Waals surface area contributed by atoms with Crippen molar-refractivity contribution < 1.29 is 38.2 Å². The Balaban J connectivity index is 4.13. The summed E-state index contributed by atoms with van der Waals surface area (Å²) in [4.78, 5) is 53.9. The number of nitrogens with one attached hydrogen (secondary N) is 5. The molecule has 0 heterocycles. The minimum Gasteiger partial charge on any atom is -0.377 e. The van der Waals surface area contributed by atoms with Crippen LogP contribution in [0.1, 0.15) is 33.1 Å². The Bertz CT molecular complexity index is 1910. The summed E-state index contributed by atoms with van der Waals surface area (Å²) in [5, 5.41) is 10.6. The largest absolute Gasteiger partial charge is 0.377 e. The van der Waals surface area contributed by atoms with Gasteiger partial charge in [0.2, 0.25) is 17.7 Å². The number of rotatable bonds is 24. The van der Waals surface area contributed by atoms with Crippen molar-refractivity contribution in [3.8, 4) is 118 Å². The first-order valence-electron chi connectivity index (χ1n) is 17.2. The van der Waals surface area contributed by atoms with Crippen LogP contribution in [0.4, 0.5) is 0 Å². The molecule has 0 aliphatic heterocycles. The Morgan fingerprint density at radius 3 is 1.79 bits per heavy atom. The minimum atomic E-state index is -0.802. The molecule has 0 aromatic rings. The van der Waals surface area contributed by atoms with Crippen molar-refractivity contribution in [2.75, 3.05) is 79.0 Å². The van der Waals surface area contributed by atoms with Gasteiger partial charge in [0, 0.05) is 32.1 Å². The highest BCUT2D eigenvalue weighted by Gasteiger charge is 2.20. The van der Waals surface area contributed by atoms with Gasteiger partial charge in [-0.2, -0.15) is 5.48 Å². The van der Waals surface area contributed by atoms with Gasteiger partial charge >= 0.3 is 0 Å². The fourth-order valence-electron chi connectivity index (χ4n) is 3.34. The van der Waals surface area contributed by atoms with E-state index in [0.29, 0.717) is 25.8 Å². The second-order valence-electron chi connectivity index (χ2n) is 9.99. The van der Waals surface area contributed by atoms with Crippen LogP contribution in [0.2, 0.25) is 0 Å². The first kappa shape index (κ1) is 49.2. The molecule has 0 fully saturated rings. The molecule has 0 radical (unpaired) electrons. The number of hydroxylamine groups is 1. The number of hydrogen-bond donors (Lipinski definition) is 6. The molecule has 0 spiro atoms. The summed E-state index contributed by atoms with van der Waals surface area (Å²) in [5.74, 6) is 48.7. The predicted octanol–water partition coefficient (Wildman–Crippen LogP) is -2.41. The van der Waals surface area contributed by atoms with E-state index in [1.54, 1.807) is 13.8 Å². The number of carbonyl (C=O) groups is 4. The van der Waals surface area contributed by atoms with Crippen LogP contribution in [-0.4, -0.2) is 109 Å². The molecule has 0 saturated heterocycles. The molecule has 0 aromatic heterocycles. The van der Waals surface area contributed by atoms with Crippen molar-refractivity contribution in [2.24, 2.45) is 5.73 Å². The van der Waals surface area contributed by atoms with E-state index >= 15 is 0 Å². The predicted molar refractivity (Wildman–Crippen MR) is 209 cm³/mol. The molecule has 4 amide bonds. The zero-order valence-corrected chi connectivity index (χ0v) is 31.5. The average Bonchev–Trinajstić information content (AvgIpc) is 3.19. The molecule has 1 atom stereocenters. The van der Waals surface area contributed by atoms with E-state index in [-0.39, 0.29) is 84.2 Å². The van der Waals surface area contributed by atoms with E-state index in [2.05, 4.69) is 145 Å². The molecule has 0 bridgehead atoms. The number of amides is 4. The first-order valence-corrected chi connectivity index (χ1v) is 17.2. The number of hydrogen-bond acceptors (Lipinski definition) is 10. The van der Waals surface area contributed by atoms with Gasteiger partial charge in [-0.25, -0.2) is 0 Å². The van der Waals surface area contributed by atoms with Crippen molar-refractivity contribution >= 4 is 23.6 Å². The molecule has 56 heavy (non-hydrogen) atoms. The molecule has 0 aliphatic rings. The van der Waals surface area contributed by atoms with E-state index in [4.69, 9.17) is 24.8 Å². The molecule has 7 N–H and O–H groups in total. The van der Waals surface area contributed by atoms with Crippen molar-refractivity contribution in [1.82, 2.24) is 26.7 Å². The molecular formula is C42H44N6O8. The molecule has 0 aliphatic carbocycles. The summed E-state index contributed by atoms with van der Waals surface area (Å²) in [6.07, 6.45) is 1.43. The first-order chi connectivity index (χ1) is 27.4. The molecule has 0 saturated carbocycles. The highest BCUT2D eigenvalue weighted by molar-refractivity contribution is 5.94. The lowest BCUT2D eigenvalue weighted by molar-refractivity contribution is -0.132. The van der Waals surface area contributed by atoms with Crippen LogP contribution in [0.5, 0.6) is 0 Å². The third-order valence-corrected chi connectivity index (χ3v) is 5.69. The van der Waals surface area contributed by atoms with Gasteiger partial charge in [0.05, 0.1) is 39.6 Å². The van der Waals surface area contributed by atoms with Gasteiger partial charge < -0.3 is 41.2 Å². The third-order valence-electron chi connectivity index (χ3n) is 5.69.